The second-order valence-corrected chi connectivity index (χ2v) is 7.16. The van der Waals surface area contributed by atoms with Crippen LogP contribution < -0.4 is 19.7 Å². The fourth-order valence-electron chi connectivity index (χ4n) is 2.90. The van der Waals surface area contributed by atoms with Gasteiger partial charge in [0.2, 0.25) is 5.91 Å². The highest BCUT2D eigenvalue weighted by atomic mass is 32.1. The van der Waals surface area contributed by atoms with Crippen LogP contribution in [0.1, 0.15) is 0 Å². The first-order valence-corrected chi connectivity index (χ1v) is 9.12. The number of carbonyl (C=O) groups excluding carboxylic acids is 1. The molecule has 7 heteroatoms. The van der Waals surface area contributed by atoms with Crippen molar-refractivity contribution in [2.75, 3.05) is 37.5 Å². The van der Waals surface area contributed by atoms with Gasteiger partial charge in [0.15, 0.2) is 5.13 Å². The number of hydrogen-bond acceptors (Lipinski definition) is 6. The number of nitrogens with one attached hydrogen (secondary N) is 1. The monoisotopic (exact) mass is 369 g/mol. The molecule has 4 rings (SSSR count). The maximum Gasteiger partial charge on any atom is 0.231 e. The standard InChI is InChI=1S/C19H19N3O3S/c1-24-14-5-3-4-13(8-14)20-18(23)12-10-22(11-12)19-21-16-9-15(25-2)6-7-17(16)26-19/h3-9,12H,10-11H2,1-2H3,(H,20,23). The number of hydrogen-bond donors (Lipinski definition) is 1. The molecule has 0 radical (unpaired) electrons. The lowest BCUT2D eigenvalue weighted by atomic mass is 10.00. The van der Waals surface area contributed by atoms with E-state index in [1.165, 1.54) is 0 Å². The second kappa shape index (κ2) is 6.84. The van der Waals surface area contributed by atoms with Crippen LogP contribution in [0.3, 0.4) is 0 Å². The van der Waals surface area contributed by atoms with E-state index in [9.17, 15) is 4.79 Å². The Labute approximate surface area is 155 Å². The Morgan fingerprint density at radius 2 is 1.92 bits per heavy atom. The Kier molecular flexibility index (Phi) is 4.38. The zero-order chi connectivity index (χ0) is 18.1. The van der Waals surface area contributed by atoms with E-state index in [1.807, 2.05) is 42.5 Å². The number of benzene rings is 2. The summed E-state index contributed by atoms with van der Waals surface area (Å²) in [5.74, 6) is 1.51. The molecule has 0 atom stereocenters. The lowest BCUT2D eigenvalue weighted by Crippen LogP contribution is -2.52. The van der Waals surface area contributed by atoms with E-state index in [1.54, 1.807) is 25.6 Å². The van der Waals surface area contributed by atoms with E-state index < -0.39 is 0 Å². The molecule has 6 nitrogen and oxygen atoms in total. The smallest absolute Gasteiger partial charge is 0.231 e. The van der Waals surface area contributed by atoms with Gasteiger partial charge in [-0.25, -0.2) is 4.98 Å². The van der Waals surface area contributed by atoms with Gasteiger partial charge in [0.05, 0.1) is 30.4 Å². The predicted molar refractivity (Wildman–Crippen MR) is 103 cm³/mol. The summed E-state index contributed by atoms with van der Waals surface area (Å²) in [7, 11) is 3.26. The van der Waals surface area contributed by atoms with Crippen molar-refractivity contribution in [2.45, 2.75) is 0 Å². The van der Waals surface area contributed by atoms with Crippen LogP contribution >= 0.6 is 11.3 Å². The van der Waals surface area contributed by atoms with Crippen LogP contribution in [0.4, 0.5) is 10.8 Å². The fraction of sp³-hybridized carbons (Fsp3) is 0.263. The fourth-order valence-corrected chi connectivity index (χ4v) is 3.87. The normalized spacial score (nSPS) is 14.2. The third-order valence-corrected chi connectivity index (χ3v) is 5.54. The summed E-state index contributed by atoms with van der Waals surface area (Å²) >= 11 is 1.63. The van der Waals surface area contributed by atoms with Gasteiger partial charge in [0.1, 0.15) is 11.5 Å². The number of methoxy groups -OCH3 is 2. The minimum atomic E-state index is -0.0391. The van der Waals surface area contributed by atoms with E-state index in [0.29, 0.717) is 13.1 Å². The first-order chi connectivity index (χ1) is 12.7. The maximum absolute atomic E-state index is 12.4. The number of nitrogens with zero attached hydrogens (tertiary/aromatic N) is 2. The predicted octanol–water partition coefficient (Wildman–Crippen LogP) is 3.39. The number of fused-ring (bicyclic) bond motifs is 1. The van der Waals surface area contributed by atoms with Gasteiger partial charge >= 0.3 is 0 Å². The van der Waals surface area contributed by atoms with Crippen LogP contribution in [0.2, 0.25) is 0 Å². The lowest BCUT2D eigenvalue weighted by molar-refractivity contribution is -0.120. The molecule has 26 heavy (non-hydrogen) atoms. The van der Waals surface area contributed by atoms with Crippen molar-refractivity contribution in [3.63, 3.8) is 0 Å². The SMILES string of the molecule is COc1cccc(NC(=O)C2CN(c3nc4cc(OC)ccc4s3)C2)c1. The lowest BCUT2D eigenvalue weighted by Gasteiger charge is -2.37. The molecule has 0 saturated carbocycles. The second-order valence-electron chi connectivity index (χ2n) is 6.15. The summed E-state index contributed by atoms with van der Waals surface area (Å²) in [4.78, 5) is 19.2. The summed E-state index contributed by atoms with van der Waals surface area (Å²) < 4.78 is 11.5. The molecule has 3 aromatic rings. The van der Waals surface area contributed by atoms with Crippen molar-refractivity contribution >= 4 is 38.3 Å². The number of thiazole rings is 1. The third kappa shape index (κ3) is 3.17. The van der Waals surface area contributed by atoms with Crippen LogP contribution in [0.25, 0.3) is 10.2 Å². The van der Waals surface area contributed by atoms with Crippen LogP contribution in [0.5, 0.6) is 11.5 Å². The quantitative estimate of drug-likeness (QED) is 0.747. The number of rotatable bonds is 5. The van der Waals surface area contributed by atoms with E-state index in [-0.39, 0.29) is 11.8 Å². The molecule has 0 spiro atoms. The summed E-state index contributed by atoms with van der Waals surface area (Å²) in [5.41, 5.74) is 1.67. The number of ether oxygens (including phenoxy) is 2. The van der Waals surface area contributed by atoms with Gasteiger partial charge in [-0.1, -0.05) is 17.4 Å². The highest BCUT2D eigenvalue weighted by molar-refractivity contribution is 7.22. The van der Waals surface area contributed by atoms with E-state index >= 15 is 0 Å². The van der Waals surface area contributed by atoms with Crippen molar-refractivity contribution in [1.82, 2.24) is 4.98 Å². The van der Waals surface area contributed by atoms with Crippen molar-refractivity contribution in [2.24, 2.45) is 5.92 Å². The van der Waals surface area contributed by atoms with Gasteiger partial charge in [-0.05, 0) is 24.3 Å². The first kappa shape index (κ1) is 16.7. The highest BCUT2D eigenvalue weighted by Gasteiger charge is 2.34. The van der Waals surface area contributed by atoms with Gasteiger partial charge in [0.25, 0.3) is 0 Å². The highest BCUT2D eigenvalue weighted by Crippen LogP contribution is 2.34. The molecule has 2 aromatic carbocycles. The Morgan fingerprint density at radius 1 is 1.15 bits per heavy atom. The molecule has 0 bridgehead atoms. The molecule has 1 fully saturated rings. The zero-order valence-corrected chi connectivity index (χ0v) is 15.4. The Hall–Kier alpha value is -2.80. The molecular weight excluding hydrogens is 350 g/mol. The summed E-state index contributed by atoms with van der Waals surface area (Å²) in [6.45, 7) is 1.35. The molecule has 1 N–H and O–H groups in total. The minimum Gasteiger partial charge on any atom is -0.497 e. The molecule has 2 heterocycles. The Morgan fingerprint density at radius 3 is 2.69 bits per heavy atom. The average Bonchev–Trinajstić information content (AvgIpc) is 3.02. The molecule has 1 saturated heterocycles. The van der Waals surface area contributed by atoms with Crippen LogP contribution in [0, 0.1) is 5.92 Å². The Bertz CT molecular complexity index is 950. The first-order valence-electron chi connectivity index (χ1n) is 8.30. The molecule has 0 unspecified atom stereocenters. The van der Waals surface area contributed by atoms with Gasteiger partial charge in [-0.3, -0.25) is 4.79 Å². The zero-order valence-electron chi connectivity index (χ0n) is 14.6. The van der Waals surface area contributed by atoms with Crippen LogP contribution in [0.15, 0.2) is 42.5 Å². The third-order valence-electron chi connectivity index (χ3n) is 4.44. The number of carbonyl (C=O) groups is 1. The maximum atomic E-state index is 12.4. The van der Waals surface area contributed by atoms with Gasteiger partial charge in [0, 0.05) is 30.9 Å². The molecule has 1 aliphatic heterocycles. The average molecular weight is 369 g/mol. The molecule has 1 aliphatic rings. The molecule has 1 aromatic heterocycles. The van der Waals surface area contributed by atoms with Gasteiger partial charge in [-0.2, -0.15) is 0 Å². The number of aromatic nitrogens is 1. The number of anilines is 2. The van der Waals surface area contributed by atoms with E-state index in [0.717, 1.165) is 32.5 Å². The van der Waals surface area contributed by atoms with Gasteiger partial charge < -0.3 is 19.7 Å². The van der Waals surface area contributed by atoms with Crippen molar-refractivity contribution in [1.29, 1.82) is 0 Å². The number of amides is 1. The van der Waals surface area contributed by atoms with Crippen molar-refractivity contribution in [3.05, 3.63) is 42.5 Å². The minimum absolute atomic E-state index is 0.0253. The molecule has 134 valence electrons. The molecule has 1 amide bonds. The molecular formula is C19H19N3O3S. The van der Waals surface area contributed by atoms with Crippen molar-refractivity contribution < 1.29 is 14.3 Å². The summed E-state index contributed by atoms with van der Waals surface area (Å²) in [5, 5.41) is 3.90. The Balaban J connectivity index is 1.39. The topological polar surface area (TPSA) is 63.7 Å². The van der Waals surface area contributed by atoms with E-state index in [4.69, 9.17) is 9.47 Å². The summed E-state index contributed by atoms with van der Waals surface area (Å²) in [6, 6.07) is 13.3. The van der Waals surface area contributed by atoms with Crippen LogP contribution in [-0.2, 0) is 4.79 Å². The van der Waals surface area contributed by atoms with Gasteiger partial charge in [-0.15, -0.1) is 0 Å². The largest absolute Gasteiger partial charge is 0.497 e. The van der Waals surface area contributed by atoms with Crippen LogP contribution in [-0.4, -0.2) is 38.2 Å². The van der Waals surface area contributed by atoms with E-state index in [2.05, 4.69) is 15.2 Å². The molecule has 0 aliphatic carbocycles. The summed E-state index contributed by atoms with van der Waals surface area (Å²) in [6.07, 6.45) is 0. The van der Waals surface area contributed by atoms with Crippen molar-refractivity contribution in [3.8, 4) is 11.5 Å².